The van der Waals surface area contributed by atoms with Gasteiger partial charge in [-0.05, 0) is 37.0 Å². The molecule has 3 unspecified atom stereocenters. The third-order valence-corrected chi connectivity index (χ3v) is 3.38. The summed E-state index contributed by atoms with van der Waals surface area (Å²) in [5.74, 6) is 1.57. The molecule has 11 heavy (non-hydrogen) atoms. The van der Waals surface area contributed by atoms with Gasteiger partial charge < -0.3 is 5.11 Å². The minimum absolute atomic E-state index is 0.109. The molecule has 62 valence electrons. The monoisotopic (exact) mass is 154 g/mol. The van der Waals surface area contributed by atoms with Crippen molar-refractivity contribution in [2.45, 2.75) is 26.2 Å². The fourth-order valence-electron chi connectivity index (χ4n) is 2.37. The van der Waals surface area contributed by atoms with Crippen molar-refractivity contribution < 1.29 is 9.90 Å². The third kappa shape index (κ3) is 1.15. The van der Waals surface area contributed by atoms with Crippen LogP contribution in [-0.2, 0) is 4.79 Å². The van der Waals surface area contributed by atoms with Crippen LogP contribution in [0, 0.1) is 23.7 Å². The van der Waals surface area contributed by atoms with Gasteiger partial charge in [-0.2, -0.15) is 0 Å². The molecule has 0 amide bonds. The molecule has 2 saturated carbocycles. The Morgan fingerprint density at radius 2 is 1.91 bits per heavy atom. The first kappa shape index (κ1) is 7.14. The van der Waals surface area contributed by atoms with Gasteiger partial charge in [-0.15, -0.1) is 0 Å². The zero-order valence-electron chi connectivity index (χ0n) is 6.79. The lowest BCUT2D eigenvalue weighted by Crippen LogP contribution is -2.19. The van der Waals surface area contributed by atoms with E-state index in [1.165, 1.54) is 19.3 Å². The van der Waals surface area contributed by atoms with Gasteiger partial charge in [0.15, 0.2) is 0 Å². The highest BCUT2D eigenvalue weighted by atomic mass is 16.4. The van der Waals surface area contributed by atoms with Crippen molar-refractivity contribution in [1.29, 1.82) is 0 Å². The van der Waals surface area contributed by atoms with E-state index >= 15 is 0 Å². The molecule has 0 heterocycles. The van der Waals surface area contributed by atoms with Crippen LogP contribution in [0.4, 0.5) is 0 Å². The lowest BCUT2D eigenvalue weighted by molar-refractivity contribution is -0.143. The molecule has 2 aliphatic carbocycles. The number of carbonyl (C=O) groups is 1. The predicted octanol–water partition coefficient (Wildman–Crippen LogP) is 1.75. The Hall–Kier alpha value is -0.530. The summed E-state index contributed by atoms with van der Waals surface area (Å²) < 4.78 is 0. The number of aliphatic carboxylic acids is 1. The second kappa shape index (κ2) is 2.23. The van der Waals surface area contributed by atoms with Gasteiger partial charge in [-0.25, -0.2) is 0 Å². The molecule has 2 nitrogen and oxygen atoms in total. The van der Waals surface area contributed by atoms with Crippen LogP contribution in [0.25, 0.3) is 0 Å². The fraction of sp³-hybridized carbons (Fsp3) is 0.889. The molecule has 0 spiro atoms. The summed E-state index contributed by atoms with van der Waals surface area (Å²) in [5.41, 5.74) is 0. The van der Waals surface area contributed by atoms with E-state index in [1.807, 2.05) is 6.92 Å². The summed E-state index contributed by atoms with van der Waals surface area (Å²) in [7, 11) is 0. The van der Waals surface area contributed by atoms with Gasteiger partial charge in [-0.3, -0.25) is 4.79 Å². The Morgan fingerprint density at radius 1 is 1.36 bits per heavy atom. The van der Waals surface area contributed by atoms with Crippen molar-refractivity contribution in [3.05, 3.63) is 0 Å². The molecular formula is C9H14O2. The number of carboxylic acids is 1. The van der Waals surface area contributed by atoms with Gasteiger partial charge in [0.1, 0.15) is 0 Å². The zero-order chi connectivity index (χ0) is 8.01. The highest BCUT2D eigenvalue weighted by Crippen LogP contribution is 2.56. The van der Waals surface area contributed by atoms with Crippen molar-refractivity contribution >= 4 is 5.97 Å². The molecule has 0 radical (unpaired) electrons. The molecule has 3 atom stereocenters. The SMILES string of the molecule is CC(C(=O)O)C1CC2CC2C1. The van der Waals surface area contributed by atoms with E-state index in [-0.39, 0.29) is 5.92 Å². The summed E-state index contributed by atoms with van der Waals surface area (Å²) in [6.45, 7) is 1.84. The van der Waals surface area contributed by atoms with Gasteiger partial charge in [0.2, 0.25) is 0 Å². The van der Waals surface area contributed by atoms with Crippen molar-refractivity contribution in [1.82, 2.24) is 0 Å². The maximum absolute atomic E-state index is 10.6. The van der Waals surface area contributed by atoms with Crippen LogP contribution in [0.3, 0.4) is 0 Å². The van der Waals surface area contributed by atoms with Gasteiger partial charge in [0, 0.05) is 0 Å². The van der Waals surface area contributed by atoms with E-state index in [0.29, 0.717) is 5.92 Å². The summed E-state index contributed by atoms with van der Waals surface area (Å²) in [6.07, 6.45) is 3.74. The van der Waals surface area contributed by atoms with Crippen LogP contribution in [0.1, 0.15) is 26.2 Å². The van der Waals surface area contributed by atoms with E-state index < -0.39 is 5.97 Å². The molecule has 2 heteroatoms. The first-order chi connectivity index (χ1) is 5.18. The molecule has 2 fully saturated rings. The molecule has 0 aromatic carbocycles. The molecule has 2 aliphatic rings. The summed E-state index contributed by atoms with van der Waals surface area (Å²) in [6, 6.07) is 0. The number of fused-ring (bicyclic) bond motifs is 1. The van der Waals surface area contributed by atoms with Gasteiger partial charge >= 0.3 is 5.97 Å². The average molecular weight is 154 g/mol. The molecule has 0 bridgehead atoms. The minimum Gasteiger partial charge on any atom is -0.481 e. The highest BCUT2D eigenvalue weighted by Gasteiger charge is 2.48. The fourth-order valence-corrected chi connectivity index (χ4v) is 2.37. The Kier molecular flexibility index (Phi) is 1.44. The van der Waals surface area contributed by atoms with E-state index in [2.05, 4.69) is 0 Å². The average Bonchev–Trinajstić information content (AvgIpc) is 2.57. The van der Waals surface area contributed by atoms with Crippen LogP contribution < -0.4 is 0 Å². The number of hydrogen-bond acceptors (Lipinski definition) is 1. The molecule has 0 saturated heterocycles. The maximum atomic E-state index is 10.6. The van der Waals surface area contributed by atoms with Crippen molar-refractivity contribution in [3.8, 4) is 0 Å². The minimum atomic E-state index is -0.615. The molecule has 2 rings (SSSR count). The lowest BCUT2D eigenvalue weighted by Gasteiger charge is -2.15. The topological polar surface area (TPSA) is 37.3 Å². The standard InChI is InChI=1S/C9H14O2/c1-5(9(10)11)6-2-7-4-8(7)3-6/h5-8H,2-4H2,1H3,(H,10,11). The van der Waals surface area contributed by atoms with Crippen molar-refractivity contribution in [3.63, 3.8) is 0 Å². The summed E-state index contributed by atoms with van der Waals surface area (Å²) in [5, 5.41) is 8.74. The van der Waals surface area contributed by atoms with Crippen LogP contribution in [0.15, 0.2) is 0 Å². The third-order valence-electron chi connectivity index (χ3n) is 3.38. The van der Waals surface area contributed by atoms with Crippen LogP contribution >= 0.6 is 0 Å². The van der Waals surface area contributed by atoms with E-state index in [4.69, 9.17) is 5.11 Å². The number of rotatable bonds is 2. The molecule has 1 N–H and O–H groups in total. The smallest absolute Gasteiger partial charge is 0.306 e. The highest BCUT2D eigenvalue weighted by molar-refractivity contribution is 5.69. The van der Waals surface area contributed by atoms with E-state index in [0.717, 1.165) is 11.8 Å². The Balaban J connectivity index is 1.91. The number of carboxylic acid groups (broad SMARTS) is 1. The zero-order valence-corrected chi connectivity index (χ0v) is 6.79. The first-order valence-corrected chi connectivity index (χ1v) is 4.41. The quantitative estimate of drug-likeness (QED) is 0.658. The molecular weight excluding hydrogens is 140 g/mol. The van der Waals surface area contributed by atoms with Gasteiger partial charge in [0.05, 0.1) is 5.92 Å². The van der Waals surface area contributed by atoms with Crippen molar-refractivity contribution in [2.75, 3.05) is 0 Å². The summed E-state index contributed by atoms with van der Waals surface area (Å²) >= 11 is 0. The van der Waals surface area contributed by atoms with Crippen LogP contribution in [0.2, 0.25) is 0 Å². The van der Waals surface area contributed by atoms with Crippen LogP contribution in [0.5, 0.6) is 0 Å². The van der Waals surface area contributed by atoms with Gasteiger partial charge in [0.25, 0.3) is 0 Å². The van der Waals surface area contributed by atoms with Gasteiger partial charge in [-0.1, -0.05) is 6.92 Å². The largest absolute Gasteiger partial charge is 0.481 e. The Bertz CT molecular complexity index is 178. The van der Waals surface area contributed by atoms with Crippen LogP contribution in [-0.4, -0.2) is 11.1 Å². The van der Waals surface area contributed by atoms with E-state index in [1.54, 1.807) is 0 Å². The maximum Gasteiger partial charge on any atom is 0.306 e. The second-order valence-corrected chi connectivity index (χ2v) is 4.11. The molecule has 0 aromatic heterocycles. The lowest BCUT2D eigenvalue weighted by atomic mass is 9.90. The first-order valence-electron chi connectivity index (χ1n) is 4.41. The second-order valence-electron chi connectivity index (χ2n) is 4.11. The molecule has 0 aromatic rings. The Morgan fingerprint density at radius 3 is 2.36 bits per heavy atom. The number of hydrogen-bond donors (Lipinski definition) is 1. The predicted molar refractivity (Wildman–Crippen MR) is 41.1 cm³/mol. The summed E-state index contributed by atoms with van der Waals surface area (Å²) in [4.78, 5) is 10.6. The van der Waals surface area contributed by atoms with Crippen molar-refractivity contribution in [2.24, 2.45) is 23.7 Å². The molecule has 0 aliphatic heterocycles. The Labute approximate surface area is 66.6 Å². The van der Waals surface area contributed by atoms with E-state index in [9.17, 15) is 4.79 Å². The normalized spacial score (nSPS) is 43.2.